The molecule has 15 heavy (non-hydrogen) atoms. The first kappa shape index (κ1) is 11.8. The topological polar surface area (TPSA) is 21.3 Å². The van der Waals surface area contributed by atoms with E-state index in [0.717, 1.165) is 17.9 Å². The van der Waals surface area contributed by atoms with Crippen LogP contribution in [-0.2, 0) is 0 Å². The van der Waals surface area contributed by atoms with E-state index in [2.05, 4.69) is 31.0 Å². The number of methoxy groups -OCH3 is 1. The van der Waals surface area contributed by atoms with Gasteiger partial charge in [0.25, 0.3) is 0 Å². The Morgan fingerprint density at radius 2 is 2.00 bits per heavy atom. The fourth-order valence-electron chi connectivity index (χ4n) is 1.58. The normalized spacial score (nSPS) is 12.2. The van der Waals surface area contributed by atoms with Gasteiger partial charge >= 0.3 is 0 Å². The van der Waals surface area contributed by atoms with Crippen molar-refractivity contribution in [2.24, 2.45) is 0 Å². The van der Waals surface area contributed by atoms with Gasteiger partial charge in [-0.2, -0.15) is 0 Å². The van der Waals surface area contributed by atoms with Crippen LogP contribution >= 0.6 is 0 Å². The smallest absolute Gasteiger partial charge is 0.118 e. The highest BCUT2D eigenvalue weighted by atomic mass is 16.5. The van der Waals surface area contributed by atoms with Gasteiger partial charge in [0.1, 0.15) is 5.75 Å². The second-order valence-corrected chi connectivity index (χ2v) is 3.61. The van der Waals surface area contributed by atoms with Gasteiger partial charge in [-0.15, -0.1) is 0 Å². The highest BCUT2D eigenvalue weighted by Crippen LogP contribution is 2.22. The van der Waals surface area contributed by atoms with Gasteiger partial charge in [0.2, 0.25) is 0 Å². The number of ether oxygens (including phenoxy) is 1. The lowest BCUT2D eigenvalue weighted by molar-refractivity contribution is 0.414. The largest absolute Gasteiger partial charge is 0.497 e. The number of nitrogens with one attached hydrogen (secondary N) is 1. The quantitative estimate of drug-likeness (QED) is 0.746. The summed E-state index contributed by atoms with van der Waals surface area (Å²) in [5, 5.41) is 3.40. The predicted molar refractivity (Wildman–Crippen MR) is 64.2 cm³/mol. The van der Waals surface area contributed by atoms with E-state index in [-0.39, 0.29) is 6.04 Å². The van der Waals surface area contributed by atoms with Crippen LogP contribution in [0.5, 0.6) is 5.75 Å². The summed E-state index contributed by atoms with van der Waals surface area (Å²) in [7, 11) is 1.68. The molecule has 1 aromatic carbocycles. The van der Waals surface area contributed by atoms with Crippen molar-refractivity contribution in [2.75, 3.05) is 13.7 Å². The summed E-state index contributed by atoms with van der Waals surface area (Å²) in [6.07, 6.45) is 0. The van der Waals surface area contributed by atoms with Crippen molar-refractivity contribution < 1.29 is 4.74 Å². The molecule has 1 aromatic rings. The Balaban J connectivity index is 2.86. The Kier molecular flexibility index (Phi) is 4.37. The van der Waals surface area contributed by atoms with E-state index in [4.69, 9.17) is 4.74 Å². The van der Waals surface area contributed by atoms with Crippen LogP contribution < -0.4 is 10.1 Å². The molecular weight excluding hydrogens is 186 g/mol. The van der Waals surface area contributed by atoms with Gasteiger partial charge in [0, 0.05) is 0 Å². The molecule has 0 saturated heterocycles. The summed E-state index contributed by atoms with van der Waals surface area (Å²) < 4.78 is 5.13. The third-order valence-corrected chi connectivity index (χ3v) is 2.35. The van der Waals surface area contributed by atoms with E-state index in [9.17, 15) is 0 Å². The minimum Gasteiger partial charge on any atom is -0.497 e. The third-order valence-electron chi connectivity index (χ3n) is 2.35. The maximum Gasteiger partial charge on any atom is 0.118 e. The average molecular weight is 205 g/mol. The zero-order chi connectivity index (χ0) is 11.3. The first-order valence-corrected chi connectivity index (χ1v) is 5.21. The van der Waals surface area contributed by atoms with Crippen molar-refractivity contribution in [1.29, 1.82) is 0 Å². The Labute approximate surface area is 92.0 Å². The number of rotatable bonds is 5. The molecule has 1 unspecified atom stereocenters. The molecule has 0 amide bonds. The van der Waals surface area contributed by atoms with E-state index in [1.54, 1.807) is 7.11 Å². The number of hydrogen-bond donors (Lipinski definition) is 1. The van der Waals surface area contributed by atoms with E-state index in [0.29, 0.717) is 0 Å². The lowest BCUT2D eigenvalue weighted by Crippen LogP contribution is -2.21. The highest BCUT2D eigenvalue weighted by Gasteiger charge is 2.10. The molecule has 0 radical (unpaired) electrons. The Morgan fingerprint density at radius 3 is 2.40 bits per heavy atom. The van der Waals surface area contributed by atoms with Crippen LogP contribution in [0.1, 0.15) is 25.5 Å². The molecule has 0 heterocycles. The zero-order valence-electron chi connectivity index (χ0n) is 9.71. The molecule has 0 aliphatic rings. The molecule has 0 bridgehead atoms. The lowest BCUT2D eigenvalue weighted by Gasteiger charge is -2.18. The van der Waals surface area contributed by atoms with E-state index < -0.39 is 0 Å². The molecule has 0 saturated carbocycles. The minimum absolute atomic E-state index is 0.237. The summed E-state index contributed by atoms with van der Waals surface area (Å²) >= 11 is 0. The van der Waals surface area contributed by atoms with Crippen LogP contribution in [0.2, 0.25) is 0 Å². The first-order valence-electron chi connectivity index (χ1n) is 5.21. The zero-order valence-corrected chi connectivity index (χ0v) is 9.71. The maximum absolute atomic E-state index is 5.13. The van der Waals surface area contributed by atoms with Gasteiger partial charge in [-0.3, -0.25) is 0 Å². The van der Waals surface area contributed by atoms with Crippen LogP contribution in [0.4, 0.5) is 0 Å². The third kappa shape index (κ3) is 3.10. The van der Waals surface area contributed by atoms with Gasteiger partial charge in [-0.1, -0.05) is 31.2 Å². The molecule has 0 aliphatic carbocycles. The monoisotopic (exact) mass is 205 g/mol. The highest BCUT2D eigenvalue weighted by molar-refractivity contribution is 5.32. The molecular formula is C13H19NO. The SMILES string of the molecule is C=C(C)C(NCC)c1ccc(OC)cc1. The number of hydrogen-bond acceptors (Lipinski definition) is 2. The van der Waals surface area contributed by atoms with E-state index in [1.165, 1.54) is 5.56 Å². The van der Waals surface area contributed by atoms with E-state index in [1.807, 2.05) is 19.1 Å². The van der Waals surface area contributed by atoms with Gasteiger partial charge in [-0.05, 0) is 31.2 Å². The standard InChI is InChI=1S/C13H19NO/c1-5-14-13(10(2)3)11-6-8-12(15-4)9-7-11/h6-9,13-14H,2,5H2,1,3-4H3. The average Bonchev–Trinajstić information content (AvgIpc) is 2.26. The van der Waals surface area contributed by atoms with Crippen molar-refractivity contribution in [3.05, 3.63) is 42.0 Å². The molecule has 0 aromatic heterocycles. The second-order valence-electron chi connectivity index (χ2n) is 3.61. The van der Waals surface area contributed by atoms with Gasteiger partial charge in [0.15, 0.2) is 0 Å². The molecule has 1 rings (SSSR count). The fraction of sp³-hybridized carbons (Fsp3) is 0.385. The van der Waals surface area contributed by atoms with Crippen molar-refractivity contribution in [2.45, 2.75) is 19.9 Å². The van der Waals surface area contributed by atoms with Crippen LogP contribution in [-0.4, -0.2) is 13.7 Å². The molecule has 1 atom stereocenters. The summed E-state index contributed by atoms with van der Waals surface area (Å²) in [4.78, 5) is 0. The Morgan fingerprint density at radius 1 is 1.40 bits per heavy atom. The van der Waals surface area contributed by atoms with Crippen LogP contribution in [0.15, 0.2) is 36.4 Å². The summed E-state index contributed by atoms with van der Waals surface area (Å²) in [6, 6.07) is 8.33. The molecule has 82 valence electrons. The minimum atomic E-state index is 0.237. The van der Waals surface area contributed by atoms with E-state index >= 15 is 0 Å². The molecule has 2 nitrogen and oxygen atoms in total. The first-order chi connectivity index (χ1) is 7.19. The maximum atomic E-state index is 5.13. The van der Waals surface area contributed by atoms with Crippen molar-refractivity contribution in [1.82, 2.24) is 5.32 Å². The van der Waals surface area contributed by atoms with Crippen molar-refractivity contribution in [3.63, 3.8) is 0 Å². The van der Waals surface area contributed by atoms with Crippen LogP contribution in [0.3, 0.4) is 0 Å². The lowest BCUT2D eigenvalue weighted by atomic mass is 10.0. The molecule has 0 aliphatic heterocycles. The Hall–Kier alpha value is -1.28. The summed E-state index contributed by atoms with van der Waals surface area (Å²) in [6.45, 7) is 9.07. The molecule has 2 heteroatoms. The fourth-order valence-corrected chi connectivity index (χ4v) is 1.58. The van der Waals surface area contributed by atoms with Gasteiger partial charge in [-0.25, -0.2) is 0 Å². The van der Waals surface area contributed by atoms with Crippen molar-refractivity contribution in [3.8, 4) is 5.75 Å². The predicted octanol–water partition coefficient (Wildman–Crippen LogP) is 2.92. The number of likely N-dealkylation sites (N-methyl/N-ethyl adjacent to an activating group) is 1. The van der Waals surface area contributed by atoms with Gasteiger partial charge in [0.05, 0.1) is 13.2 Å². The number of benzene rings is 1. The summed E-state index contributed by atoms with van der Waals surface area (Å²) in [5.74, 6) is 0.885. The van der Waals surface area contributed by atoms with Crippen LogP contribution in [0.25, 0.3) is 0 Å². The molecule has 1 N–H and O–H groups in total. The second kappa shape index (κ2) is 5.56. The molecule has 0 fully saturated rings. The van der Waals surface area contributed by atoms with Crippen LogP contribution in [0, 0.1) is 0 Å². The molecule has 0 spiro atoms. The van der Waals surface area contributed by atoms with Gasteiger partial charge < -0.3 is 10.1 Å². The summed E-state index contributed by atoms with van der Waals surface area (Å²) in [5.41, 5.74) is 2.35. The van der Waals surface area contributed by atoms with Crippen molar-refractivity contribution >= 4 is 0 Å². The Bertz CT molecular complexity index is 316.